The maximum absolute atomic E-state index is 5.09. The summed E-state index contributed by atoms with van der Waals surface area (Å²) in [5, 5.41) is 3.83. The van der Waals surface area contributed by atoms with Crippen LogP contribution in [0.15, 0.2) is 134 Å². The monoisotopic (exact) mass is 586 g/mol. The van der Waals surface area contributed by atoms with Crippen LogP contribution in [0.1, 0.15) is 0 Å². The Morgan fingerprint density at radius 3 is 2.05 bits per heavy atom. The van der Waals surface area contributed by atoms with Gasteiger partial charge < -0.3 is 4.57 Å². The average molecular weight is 587 g/mol. The van der Waals surface area contributed by atoms with Gasteiger partial charge in [0.1, 0.15) is 0 Å². The van der Waals surface area contributed by atoms with Crippen LogP contribution in [0.2, 0.25) is 0 Å². The van der Waals surface area contributed by atoms with E-state index in [9.17, 15) is 0 Å². The number of benzene rings is 4. The van der Waals surface area contributed by atoms with Crippen LogP contribution >= 0.6 is 22.7 Å². The molecular formula is C37H22N4S2. The van der Waals surface area contributed by atoms with Crippen LogP contribution in [-0.2, 0) is 0 Å². The predicted molar refractivity (Wildman–Crippen MR) is 181 cm³/mol. The number of nitrogens with zero attached hydrogens (tertiary/aromatic N) is 4. The lowest BCUT2D eigenvalue weighted by Gasteiger charge is -2.10. The molecule has 5 aromatic heterocycles. The summed E-state index contributed by atoms with van der Waals surface area (Å²) in [5.74, 6) is 0.712. The zero-order chi connectivity index (χ0) is 28.3. The highest BCUT2D eigenvalue weighted by Gasteiger charge is 2.21. The van der Waals surface area contributed by atoms with E-state index in [-0.39, 0.29) is 0 Å². The molecule has 0 unspecified atom stereocenters. The first kappa shape index (κ1) is 24.4. The molecule has 0 fully saturated rings. The normalized spacial score (nSPS) is 11.7. The Balaban J connectivity index is 1.32. The van der Waals surface area contributed by atoms with E-state index >= 15 is 0 Å². The number of rotatable bonds is 4. The Hall–Kier alpha value is -5.17. The largest absolute Gasteiger partial charge is 0.308 e. The molecule has 0 atom stereocenters. The Kier molecular flexibility index (Phi) is 5.51. The van der Waals surface area contributed by atoms with Crippen molar-refractivity contribution in [2.45, 2.75) is 0 Å². The first-order valence-corrected chi connectivity index (χ1v) is 15.7. The molecule has 4 aromatic carbocycles. The van der Waals surface area contributed by atoms with E-state index < -0.39 is 0 Å². The summed E-state index contributed by atoms with van der Waals surface area (Å²) in [5.41, 5.74) is 8.53. The van der Waals surface area contributed by atoms with Crippen molar-refractivity contribution < 1.29 is 0 Å². The lowest BCUT2D eigenvalue weighted by molar-refractivity contribution is 1.18. The molecule has 0 radical (unpaired) electrons. The average Bonchev–Trinajstić information content (AvgIpc) is 3.72. The van der Waals surface area contributed by atoms with Gasteiger partial charge in [-0.2, -0.15) is 0 Å². The molecule has 0 aliphatic heterocycles. The van der Waals surface area contributed by atoms with Crippen molar-refractivity contribution in [2.24, 2.45) is 0 Å². The highest BCUT2D eigenvalue weighted by molar-refractivity contribution is 7.45. The van der Waals surface area contributed by atoms with Crippen LogP contribution in [0.5, 0.6) is 0 Å². The molecule has 5 heterocycles. The van der Waals surface area contributed by atoms with Gasteiger partial charge in [-0.25, -0.2) is 9.97 Å². The number of pyridine rings is 1. The van der Waals surface area contributed by atoms with Crippen LogP contribution in [0.4, 0.5) is 0 Å². The summed E-state index contributed by atoms with van der Waals surface area (Å²) < 4.78 is 6.36. The van der Waals surface area contributed by atoms with Crippen molar-refractivity contribution in [3.05, 3.63) is 134 Å². The summed E-state index contributed by atoms with van der Waals surface area (Å²) in [7, 11) is 0. The molecule has 43 heavy (non-hydrogen) atoms. The second-order valence-electron chi connectivity index (χ2n) is 10.5. The number of hydrogen-bond acceptors (Lipinski definition) is 5. The van der Waals surface area contributed by atoms with Gasteiger partial charge in [0.05, 0.1) is 31.1 Å². The van der Waals surface area contributed by atoms with Crippen molar-refractivity contribution in [3.63, 3.8) is 0 Å². The molecule has 6 heteroatoms. The molecule has 0 aliphatic carbocycles. The first-order valence-electron chi connectivity index (χ1n) is 14.1. The van der Waals surface area contributed by atoms with Crippen molar-refractivity contribution in [2.75, 3.05) is 0 Å². The Morgan fingerprint density at radius 2 is 1.26 bits per heavy atom. The summed E-state index contributed by atoms with van der Waals surface area (Å²) in [6, 6.07) is 42.5. The zero-order valence-electron chi connectivity index (χ0n) is 22.8. The van der Waals surface area contributed by atoms with Gasteiger partial charge in [0, 0.05) is 55.6 Å². The van der Waals surface area contributed by atoms with Gasteiger partial charge in [-0.3, -0.25) is 4.98 Å². The van der Waals surface area contributed by atoms with Crippen LogP contribution in [0.3, 0.4) is 0 Å². The van der Waals surface area contributed by atoms with Gasteiger partial charge in [0.15, 0.2) is 5.82 Å². The molecule has 9 rings (SSSR count). The third-order valence-electron chi connectivity index (χ3n) is 7.96. The summed E-state index contributed by atoms with van der Waals surface area (Å²) in [6.45, 7) is 0. The summed E-state index contributed by atoms with van der Waals surface area (Å²) >= 11 is 3.76. The Morgan fingerprint density at radius 1 is 0.558 bits per heavy atom. The van der Waals surface area contributed by atoms with Crippen LogP contribution in [0.25, 0.3) is 80.2 Å². The van der Waals surface area contributed by atoms with E-state index in [1.54, 1.807) is 12.4 Å². The zero-order valence-corrected chi connectivity index (χ0v) is 24.4. The van der Waals surface area contributed by atoms with Crippen LogP contribution in [0, 0.1) is 0 Å². The Bertz CT molecular complexity index is 2380. The van der Waals surface area contributed by atoms with Crippen molar-refractivity contribution in [1.82, 2.24) is 19.5 Å². The summed E-state index contributed by atoms with van der Waals surface area (Å²) in [6.07, 6.45) is 3.61. The first-order chi connectivity index (χ1) is 21.3. The molecule has 4 nitrogen and oxygen atoms in total. The standard InChI is InChI=1S/C37H22N4S2/c1-3-9-23(10-4-1)29-22-30(24-17-19-38-20-18-24)40-36(39-29)25-15-16-32-28(21-25)33-34-35(43-37(33)42-32)27-13-7-8-14-31(27)41(34)26-11-5-2-6-12-26/h1-22H. The van der Waals surface area contributed by atoms with E-state index in [2.05, 4.69) is 101 Å². The van der Waals surface area contributed by atoms with Gasteiger partial charge in [-0.05, 0) is 54.6 Å². The maximum atomic E-state index is 5.09. The van der Waals surface area contributed by atoms with Gasteiger partial charge in [-0.1, -0.05) is 66.7 Å². The Labute approximate surface area is 255 Å². The highest BCUT2D eigenvalue weighted by atomic mass is 32.2. The molecule has 0 aliphatic rings. The quantitative estimate of drug-likeness (QED) is 0.206. The molecule has 202 valence electrons. The second-order valence-corrected chi connectivity index (χ2v) is 12.8. The molecule has 0 bridgehead atoms. The topological polar surface area (TPSA) is 43.6 Å². The van der Waals surface area contributed by atoms with Gasteiger partial charge in [0.2, 0.25) is 0 Å². The molecule has 9 aromatic rings. The van der Waals surface area contributed by atoms with Crippen LogP contribution in [-0.4, -0.2) is 19.5 Å². The number of aromatic nitrogens is 4. The fraction of sp³-hybridized carbons (Fsp3) is 0. The molecular weight excluding hydrogens is 565 g/mol. The molecule has 0 amide bonds. The third kappa shape index (κ3) is 3.91. The number of thiophene rings is 2. The SMILES string of the molecule is c1ccc(-c2cc(-c3ccncc3)nc(-c3ccc4sc5sc6c7ccccc7n(-c7ccccc7)c6c5c4c3)n2)cc1. The lowest BCUT2D eigenvalue weighted by atomic mass is 10.1. The summed E-state index contributed by atoms with van der Waals surface area (Å²) in [4.78, 5) is 14.4. The fourth-order valence-corrected chi connectivity index (χ4v) is 8.66. The third-order valence-corrected chi connectivity index (χ3v) is 10.4. The minimum atomic E-state index is 0.712. The van der Waals surface area contributed by atoms with E-state index in [1.165, 1.54) is 46.3 Å². The number of hydrogen-bond donors (Lipinski definition) is 0. The van der Waals surface area contributed by atoms with Crippen molar-refractivity contribution in [3.8, 4) is 39.6 Å². The van der Waals surface area contributed by atoms with Crippen molar-refractivity contribution in [1.29, 1.82) is 0 Å². The second kappa shape index (κ2) is 9.70. The molecule has 0 spiro atoms. The predicted octanol–water partition coefficient (Wildman–Crippen LogP) is 10.4. The van der Waals surface area contributed by atoms with Crippen LogP contribution < -0.4 is 0 Å². The van der Waals surface area contributed by atoms with Gasteiger partial charge >= 0.3 is 0 Å². The highest BCUT2D eigenvalue weighted by Crippen LogP contribution is 2.49. The molecule has 0 saturated carbocycles. The van der Waals surface area contributed by atoms with Gasteiger partial charge in [0.25, 0.3) is 0 Å². The van der Waals surface area contributed by atoms with E-state index in [1.807, 2.05) is 53.0 Å². The minimum absolute atomic E-state index is 0.712. The smallest absolute Gasteiger partial charge is 0.160 e. The lowest BCUT2D eigenvalue weighted by Crippen LogP contribution is -1.96. The van der Waals surface area contributed by atoms with E-state index in [0.29, 0.717) is 5.82 Å². The van der Waals surface area contributed by atoms with E-state index in [4.69, 9.17) is 9.97 Å². The van der Waals surface area contributed by atoms with Gasteiger partial charge in [-0.15, -0.1) is 22.7 Å². The molecule has 0 saturated heterocycles. The van der Waals surface area contributed by atoms with E-state index in [0.717, 1.165) is 28.1 Å². The van der Waals surface area contributed by atoms with Crippen molar-refractivity contribution >= 4 is 63.3 Å². The number of para-hydroxylation sites is 2. The fourth-order valence-electron chi connectivity index (χ4n) is 5.99. The minimum Gasteiger partial charge on any atom is -0.308 e. The maximum Gasteiger partial charge on any atom is 0.160 e. The molecule has 0 N–H and O–H groups in total. The number of fused-ring (bicyclic) bond motifs is 7.